The molecule has 0 N–H and O–H groups in total. The van der Waals surface area contributed by atoms with E-state index in [1.54, 1.807) is 0 Å². The van der Waals surface area contributed by atoms with Crippen LogP contribution in [0.4, 0.5) is 0 Å². The second kappa shape index (κ2) is 8.64. The SMILES string of the molecule is c1cc(-c2ccncc2)cc(-c2ccc(-c3oc4ccccc4c4nc5ccccc5c3-4)c3ccccc23)c1. The molecule has 0 fully saturated rings. The number of benzene rings is 5. The summed E-state index contributed by atoms with van der Waals surface area (Å²) in [5.41, 5.74) is 9.60. The van der Waals surface area contributed by atoms with Crippen LogP contribution in [0.2, 0.25) is 0 Å². The molecule has 39 heavy (non-hydrogen) atoms. The standard InChI is InChI=1S/C36H22N2O/c1-2-11-28-27(10-1)26(25-9-7-8-24(22-25)23-18-20-37-21-19-23)16-17-29(28)36-34-30-12-3-5-14-32(30)38-35(34)31-13-4-6-15-33(31)39-36/h1-22H. The fourth-order valence-corrected chi connectivity index (χ4v) is 5.77. The summed E-state index contributed by atoms with van der Waals surface area (Å²) in [5, 5.41) is 4.47. The Hall–Kier alpha value is -5.28. The van der Waals surface area contributed by atoms with E-state index in [1.807, 2.05) is 48.8 Å². The van der Waals surface area contributed by atoms with Gasteiger partial charge >= 0.3 is 0 Å². The molecule has 1 aromatic heterocycles. The summed E-state index contributed by atoms with van der Waals surface area (Å²) >= 11 is 0. The van der Waals surface area contributed by atoms with Crippen molar-refractivity contribution in [3.8, 4) is 44.8 Å². The molecule has 3 heteroatoms. The van der Waals surface area contributed by atoms with Gasteiger partial charge in [0.05, 0.1) is 16.8 Å². The maximum Gasteiger partial charge on any atom is 0.145 e. The molecule has 3 nitrogen and oxygen atoms in total. The first kappa shape index (κ1) is 21.8. The van der Waals surface area contributed by atoms with Gasteiger partial charge in [0.2, 0.25) is 0 Å². The van der Waals surface area contributed by atoms with Crippen molar-refractivity contribution in [2.75, 3.05) is 0 Å². The first-order valence-corrected chi connectivity index (χ1v) is 13.1. The van der Waals surface area contributed by atoms with Crippen LogP contribution < -0.4 is 0 Å². The second-order valence-electron chi connectivity index (χ2n) is 9.80. The van der Waals surface area contributed by atoms with Gasteiger partial charge in [0.1, 0.15) is 11.3 Å². The fourth-order valence-electron chi connectivity index (χ4n) is 5.77. The van der Waals surface area contributed by atoms with Gasteiger partial charge in [-0.15, -0.1) is 0 Å². The Balaban J connectivity index is 1.40. The molecule has 3 heterocycles. The van der Waals surface area contributed by atoms with Gasteiger partial charge in [-0.1, -0.05) is 78.9 Å². The minimum absolute atomic E-state index is 0.834. The lowest BCUT2D eigenvalue weighted by Crippen LogP contribution is -1.91. The highest BCUT2D eigenvalue weighted by Gasteiger charge is 2.24. The molecule has 0 radical (unpaired) electrons. The fraction of sp³-hybridized carbons (Fsp3) is 0. The predicted molar refractivity (Wildman–Crippen MR) is 160 cm³/mol. The highest BCUT2D eigenvalue weighted by molar-refractivity contribution is 6.14. The van der Waals surface area contributed by atoms with Crippen molar-refractivity contribution in [2.24, 2.45) is 0 Å². The van der Waals surface area contributed by atoms with Crippen LogP contribution in [0.3, 0.4) is 0 Å². The van der Waals surface area contributed by atoms with E-state index < -0.39 is 0 Å². The van der Waals surface area contributed by atoms with Gasteiger partial charge in [-0.25, -0.2) is 4.98 Å². The van der Waals surface area contributed by atoms with E-state index in [4.69, 9.17) is 9.40 Å². The van der Waals surface area contributed by atoms with Gasteiger partial charge in [-0.05, 0) is 75.5 Å². The van der Waals surface area contributed by atoms with Crippen LogP contribution in [-0.2, 0) is 0 Å². The molecule has 182 valence electrons. The van der Waals surface area contributed by atoms with Crippen molar-refractivity contribution in [3.63, 3.8) is 0 Å². The summed E-state index contributed by atoms with van der Waals surface area (Å²) in [4.78, 5) is 9.22. The maximum absolute atomic E-state index is 6.71. The van der Waals surface area contributed by atoms with Gasteiger partial charge < -0.3 is 4.42 Å². The zero-order valence-corrected chi connectivity index (χ0v) is 21.0. The molecule has 0 aliphatic carbocycles. The number of pyridine rings is 1. The van der Waals surface area contributed by atoms with Gasteiger partial charge in [0.15, 0.2) is 0 Å². The van der Waals surface area contributed by atoms with Gasteiger partial charge in [0, 0.05) is 28.7 Å². The Kier molecular flexibility index (Phi) is 4.82. The number of hydrogen-bond acceptors (Lipinski definition) is 3. The Labute approximate surface area is 225 Å². The predicted octanol–water partition coefficient (Wildman–Crippen LogP) is 9.63. The van der Waals surface area contributed by atoms with Crippen molar-refractivity contribution >= 4 is 32.6 Å². The van der Waals surface area contributed by atoms with Crippen molar-refractivity contribution in [1.82, 2.24) is 9.97 Å². The molecule has 0 unspecified atom stereocenters. The number of para-hydroxylation sites is 2. The second-order valence-corrected chi connectivity index (χ2v) is 9.80. The van der Waals surface area contributed by atoms with E-state index in [9.17, 15) is 0 Å². The molecule has 0 amide bonds. The van der Waals surface area contributed by atoms with E-state index in [-0.39, 0.29) is 0 Å². The van der Waals surface area contributed by atoms with E-state index in [2.05, 4.69) is 89.9 Å². The molecule has 6 aromatic rings. The Morgan fingerprint density at radius 3 is 2.00 bits per heavy atom. The van der Waals surface area contributed by atoms with Crippen molar-refractivity contribution in [2.45, 2.75) is 0 Å². The molecule has 5 aromatic carbocycles. The quantitative estimate of drug-likeness (QED) is 0.243. The first-order chi connectivity index (χ1) is 19.3. The number of hydrogen-bond donors (Lipinski definition) is 0. The monoisotopic (exact) mass is 498 g/mol. The summed E-state index contributed by atoms with van der Waals surface area (Å²) in [5.74, 6) is 0.852. The number of nitrogens with zero attached hydrogens (tertiary/aromatic N) is 2. The van der Waals surface area contributed by atoms with E-state index >= 15 is 0 Å². The van der Waals surface area contributed by atoms with Crippen LogP contribution in [-0.4, -0.2) is 9.97 Å². The number of aromatic nitrogens is 2. The highest BCUT2D eigenvalue weighted by Crippen LogP contribution is 2.46. The Morgan fingerprint density at radius 1 is 0.487 bits per heavy atom. The molecular formula is C36H22N2O. The van der Waals surface area contributed by atoms with Gasteiger partial charge in [-0.2, -0.15) is 0 Å². The first-order valence-electron chi connectivity index (χ1n) is 13.1. The third-order valence-electron chi connectivity index (χ3n) is 7.58. The van der Waals surface area contributed by atoms with E-state index in [1.165, 1.54) is 22.1 Å². The van der Waals surface area contributed by atoms with Crippen LogP contribution in [0.15, 0.2) is 138 Å². The van der Waals surface area contributed by atoms with Gasteiger partial charge in [0.25, 0.3) is 0 Å². The topological polar surface area (TPSA) is 38.9 Å². The lowest BCUT2D eigenvalue weighted by Gasteiger charge is -2.15. The van der Waals surface area contributed by atoms with Crippen molar-refractivity contribution < 1.29 is 4.42 Å². The van der Waals surface area contributed by atoms with Crippen LogP contribution in [0.1, 0.15) is 0 Å². The molecule has 0 bridgehead atoms. The lowest BCUT2D eigenvalue weighted by molar-refractivity contribution is 0.622. The molecule has 0 saturated carbocycles. The zero-order chi connectivity index (χ0) is 25.8. The molecule has 2 aliphatic rings. The van der Waals surface area contributed by atoms with Crippen LogP contribution in [0, 0.1) is 0 Å². The summed E-state index contributed by atoms with van der Waals surface area (Å²) in [6.45, 7) is 0. The van der Waals surface area contributed by atoms with Crippen LogP contribution in [0.5, 0.6) is 0 Å². The summed E-state index contributed by atoms with van der Waals surface area (Å²) in [6.07, 6.45) is 3.67. The van der Waals surface area contributed by atoms with Crippen LogP contribution >= 0.6 is 0 Å². The third kappa shape index (κ3) is 3.44. The normalized spacial score (nSPS) is 11.6. The molecule has 0 atom stereocenters. The van der Waals surface area contributed by atoms with Gasteiger partial charge in [-0.3, -0.25) is 4.98 Å². The smallest absolute Gasteiger partial charge is 0.145 e. The minimum Gasteiger partial charge on any atom is -0.455 e. The Bertz CT molecular complexity index is 2120. The largest absolute Gasteiger partial charge is 0.455 e. The van der Waals surface area contributed by atoms with Crippen molar-refractivity contribution in [1.29, 1.82) is 0 Å². The van der Waals surface area contributed by atoms with Crippen LogP contribution in [0.25, 0.3) is 77.5 Å². The number of rotatable bonds is 3. The molecule has 2 aliphatic heterocycles. The van der Waals surface area contributed by atoms with E-state index in [0.717, 1.165) is 55.4 Å². The number of fused-ring (bicyclic) bond motifs is 6. The van der Waals surface area contributed by atoms with Crippen molar-refractivity contribution in [3.05, 3.63) is 134 Å². The third-order valence-corrected chi connectivity index (χ3v) is 7.58. The van der Waals surface area contributed by atoms with E-state index in [0.29, 0.717) is 0 Å². The Morgan fingerprint density at radius 2 is 1.15 bits per heavy atom. The molecule has 0 saturated heterocycles. The molecule has 8 rings (SSSR count). The summed E-state index contributed by atoms with van der Waals surface area (Å²) in [7, 11) is 0. The summed E-state index contributed by atoms with van der Waals surface area (Å²) < 4.78 is 6.71. The lowest BCUT2D eigenvalue weighted by atomic mass is 9.90. The summed E-state index contributed by atoms with van der Waals surface area (Å²) in [6, 6.07) is 42.3. The average molecular weight is 499 g/mol. The highest BCUT2D eigenvalue weighted by atomic mass is 16.3. The molecule has 0 spiro atoms. The maximum atomic E-state index is 6.71. The molecular weight excluding hydrogens is 476 g/mol. The minimum atomic E-state index is 0.834. The average Bonchev–Trinajstić information content (AvgIpc) is 3.41. The zero-order valence-electron chi connectivity index (χ0n) is 21.0.